The SMILES string of the molecule is N#Cc1ccnc(NCCNC(=O)C2CC2)c1[N+](=O)[O-]. The fourth-order valence-corrected chi connectivity index (χ4v) is 1.71. The maximum atomic E-state index is 11.4. The van der Waals surface area contributed by atoms with E-state index in [1.165, 1.54) is 12.3 Å². The molecule has 0 spiro atoms. The van der Waals surface area contributed by atoms with Crippen molar-refractivity contribution >= 4 is 17.4 Å². The van der Waals surface area contributed by atoms with Crippen molar-refractivity contribution in [1.82, 2.24) is 10.3 Å². The van der Waals surface area contributed by atoms with Crippen molar-refractivity contribution in [2.24, 2.45) is 5.92 Å². The van der Waals surface area contributed by atoms with Crippen molar-refractivity contribution in [3.05, 3.63) is 27.9 Å². The van der Waals surface area contributed by atoms with E-state index in [9.17, 15) is 14.9 Å². The molecular weight excluding hydrogens is 262 g/mol. The molecule has 1 aromatic rings. The molecule has 0 radical (unpaired) electrons. The third kappa shape index (κ3) is 3.20. The lowest BCUT2D eigenvalue weighted by Gasteiger charge is -2.07. The molecule has 1 amide bonds. The molecule has 104 valence electrons. The molecule has 1 saturated carbocycles. The number of nitro groups is 1. The van der Waals surface area contributed by atoms with E-state index in [1.54, 1.807) is 6.07 Å². The summed E-state index contributed by atoms with van der Waals surface area (Å²) in [4.78, 5) is 25.5. The van der Waals surface area contributed by atoms with Gasteiger partial charge in [0.05, 0.1) is 4.92 Å². The number of pyridine rings is 1. The number of nitrogens with zero attached hydrogens (tertiary/aromatic N) is 3. The van der Waals surface area contributed by atoms with Crippen LogP contribution in [-0.2, 0) is 4.79 Å². The van der Waals surface area contributed by atoms with Crippen LogP contribution in [0.3, 0.4) is 0 Å². The van der Waals surface area contributed by atoms with Crippen LogP contribution in [0.4, 0.5) is 11.5 Å². The van der Waals surface area contributed by atoms with Crippen LogP contribution in [0.1, 0.15) is 18.4 Å². The topological polar surface area (TPSA) is 121 Å². The van der Waals surface area contributed by atoms with Crippen LogP contribution in [-0.4, -0.2) is 28.9 Å². The van der Waals surface area contributed by atoms with E-state index in [4.69, 9.17) is 5.26 Å². The molecule has 1 heterocycles. The second-order valence-corrected chi connectivity index (χ2v) is 4.42. The van der Waals surface area contributed by atoms with Crippen molar-refractivity contribution in [2.75, 3.05) is 18.4 Å². The average Bonchev–Trinajstić information content (AvgIpc) is 3.27. The summed E-state index contributed by atoms with van der Waals surface area (Å²) in [6.07, 6.45) is 3.18. The van der Waals surface area contributed by atoms with Gasteiger partial charge in [-0.3, -0.25) is 14.9 Å². The third-order valence-electron chi connectivity index (χ3n) is 2.89. The van der Waals surface area contributed by atoms with E-state index in [2.05, 4.69) is 15.6 Å². The second kappa shape index (κ2) is 5.97. The molecule has 0 saturated heterocycles. The number of carbonyl (C=O) groups is 1. The molecule has 1 aliphatic rings. The molecular formula is C12H13N5O3. The van der Waals surface area contributed by atoms with Crippen molar-refractivity contribution < 1.29 is 9.72 Å². The Kier molecular flexibility index (Phi) is 4.10. The van der Waals surface area contributed by atoms with Crippen LogP contribution in [0.15, 0.2) is 12.3 Å². The van der Waals surface area contributed by atoms with Crippen LogP contribution in [0, 0.1) is 27.4 Å². The number of carbonyl (C=O) groups excluding carboxylic acids is 1. The Balaban J connectivity index is 1.93. The molecule has 0 atom stereocenters. The van der Waals surface area contributed by atoms with Crippen LogP contribution < -0.4 is 10.6 Å². The highest BCUT2D eigenvalue weighted by molar-refractivity contribution is 5.80. The maximum absolute atomic E-state index is 11.4. The molecule has 1 aliphatic carbocycles. The van der Waals surface area contributed by atoms with Gasteiger partial charge >= 0.3 is 5.69 Å². The number of nitrogens with one attached hydrogen (secondary N) is 2. The second-order valence-electron chi connectivity index (χ2n) is 4.42. The van der Waals surface area contributed by atoms with Crippen molar-refractivity contribution in [2.45, 2.75) is 12.8 Å². The first-order valence-electron chi connectivity index (χ1n) is 6.18. The average molecular weight is 275 g/mol. The third-order valence-corrected chi connectivity index (χ3v) is 2.89. The van der Waals surface area contributed by atoms with Gasteiger partial charge in [0, 0.05) is 25.2 Å². The molecule has 2 rings (SSSR count). The van der Waals surface area contributed by atoms with Gasteiger partial charge in [-0.1, -0.05) is 0 Å². The zero-order valence-corrected chi connectivity index (χ0v) is 10.6. The van der Waals surface area contributed by atoms with Crippen molar-refractivity contribution in [3.8, 4) is 6.07 Å². The quantitative estimate of drug-likeness (QED) is 0.450. The van der Waals surface area contributed by atoms with E-state index < -0.39 is 4.92 Å². The number of aromatic nitrogens is 1. The molecule has 0 aromatic carbocycles. The Bertz CT molecular complexity index is 577. The number of nitriles is 1. The van der Waals surface area contributed by atoms with Gasteiger partial charge < -0.3 is 10.6 Å². The van der Waals surface area contributed by atoms with Crippen molar-refractivity contribution in [3.63, 3.8) is 0 Å². The number of hydrogen-bond donors (Lipinski definition) is 2. The van der Waals surface area contributed by atoms with E-state index >= 15 is 0 Å². The van der Waals surface area contributed by atoms with Gasteiger partial charge in [-0.05, 0) is 18.9 Å². The Hall–Kier alpha value is -2.69. The van der Waals surface area contributed by atoms with Gasteiger partial charge in [-0.25, -0.2) is 4.98 Å². The lowest BCUT2D eigenvalue weighted by atomic mass is 10.2. The van der Waals surface area contributed by atoms with E-state index in [0.29, 0.717) is 13.1 Å². The zero-order chi connectivity index (χ0) is 14.5. The minimum Gasteiger partial charge on any atom is -0.363 e. The Labute approximate surface area is 115 Å². The predicted octanol–water partition coefficient (Wildman–Crippen LogP) is 0.800. The number of amides is 1. The highest BCUT2D eigenvalue weighted by Gasteiger charge is 2.29. The van der Waals surface area contributed by atoms with Gasteiger partial charge in [0.15, 0.2) is 0 Å². The molecule has 1 aromatic heterocycles. The molecule has 8 heteroatoms. The molecule has 0 unspecified atom stereocenters. The highest BCUT2D eigenvalue weighted by Crippen LogP contribution is 2.28. The highest BCUT2D eigenvalue weighted by atomic mass is 16.6. The Morgan fingerprint density at radius 3 is 2.90 bits per heavy atom. The zero-order valence-electron chi connectivity index (χ0n) is 10.6. The maximum Gasteiger partial charge on any atom is 0.328 e. The minimum absolute atomic E-state index is 0.0139. The largest absolute Gasteiger partial charge is 0.363 e. The van der Waals surface area contributed by atoms with Gasteiger partial charge in [0.1, 0.15) is 11.6 Å². The first kappa shape index (κ1) is 13.7. The summed E-state index contributed by atoms with van der Waals surface area (Å²) in [5.41, 5.74) is -0.391. The van der Waals surface area contributed by atoms with E-state index in [0.717, 1.165) is 12.8 Å². The van der Waals surface area contributed by atoms with E-state index in [1.807, 2.05) is 0 Å². The number of rotatable bonds is 6. The molecule has 2 N–H and O–H groups in total. The van der Waals surface area contributed by atoms with Gasteiger partial charge in [-0.15, -0.1) is 0 Å². The van der Waals surface area contributed by atoms with Crippen LogP contribution in [0.5, 0.6) is 0 Å². The lowest BCUT2D eigenvalue weighted by molar-refractivity contribution is -0.384. The lowest BCUT2D eigenvalue weighted by Crippen LogP contribution is -2.30. The predicted molar refractivity (Wildman–Crippen MR) is 69.8 cm³/mol. The minimum atomic E-state index is -0.642. The number of hydrogen-bond acceptors (Lipinski definition) is 6. The first-order chi connectivity index (χ1) is 9.63. The molecule has 0 bridgehead atoms. The van der Waals surface area contributed by atoms with Crippen LogP contribution in [0.2, 0.25) is 0 Å². The van der Waals surface area contributed by atoms with Crippen LogP contribution in [0.25, 0.3) is 0 Å². The summed E-state index contributed by atoms with van der Waals surface area (Å²) < 4.78 is 0. The molecule has 8 nitrogen and oxygen atoms in total. The fraction of sp³-hybridized carbons (Fsp3) is 0.417. The summed E-state index contributed by atoms with van der Waals surface area (Å²) in [5, 5.41) is 25.3. The molecule has 0 aliphatic heterocycles. The fourth-order valence-electron chi connectivity index (χ4n) is 1.71. The summed E-state index contributed by atoms with van der Waals surface area (Å²) >= 11 is 0. The summed E-state index contributed by atoms with van der Waals surface area (Å²) in [6.45, 7) is 0.659. The van der Waals surface area contributed by atoms with Gasteiger partial charge in [0.2, 0.25) is 11.7 Å². The smallest absolute Gasteiger partial charge is 0.328 e. The molecule has 1 fully saturated rings. The Morgan fingerprint density at radius 2 is 2.30 bits per heavy atom. The first-order valence-corrected chi connectivity index (χ1v) is 6.18. The van der Waals surface area contributed by atoms with Gasteiger partial charge in [0.25, 0.3) is 0 Å². The van der Waals surface area contributed by atoms with Gasteiger partial charge in [-0.2, -0.15) is 5.26 Å². The van der Waals surface area contributed by atoms with E-state index in [-0.39, 0.29) is 28.9 Å². The summed E-state index contributed by atoms with van der Waals surface area (Å²) in [6, 6.07) is 3.05. The summed E-state index contributed by atoms with van der Waals surface area (Å²) in [5.74, 6) is 0.180. The summed E-state index contributed by atoms with van der Waals surface area (Å²) in [7, 11) is 0. The van der Waals surface area contributed by atoms with Crippen molar-refractivity contribution in [1.29, 1.82) is 5.26 Å². The standard InChI is InChI=1S/C12H13N5O3/c13-7-9-3-4-14-11(10(9)17(19)20)15-5-6-16-12(18)8-1-2-8/h3-4,8H,1-2,5-6H2,(H,14,15)(H,16,18). The monoisotopic (exact) mass is 275 g/mol. The van der Waals surface area contributed by atoms with Crippen LogP contribution >= 0.6 is 0 Å². The Morgan fingerprint density at radius 1 is 1.55 bits per heavy atom. The number of anilines is 1. The normalized spacial score (nSPS) is 13.3. The molecule has 20 heavy (non-hydrogen) atoms.